The SMILES string of the molecule is CC1CCC(NCC(O)COCc2ccco2)C1. The highest BCUT2D eigenvalue weighted by atomic mass is 16.5. The molecule has 1 aliphatic rings. The van der Waals surface area contributed by atoms with Gasteiger partial charge in [-0.2, -0.15) is 0 Å². The lowest BCUT2D eigenvalue weighted by Crippen LogP contribution is -2.36. The molecule has 0 spiro atoms. The van der Waals surface area contributed by atoms with Crippen LogP contribution in [0.15, 0.2) is 22.8 Å². The molecule has 3 unspecified atom stereocenters. The molecule has 2 rings (SSSR count). The average molecular weight is 253 g/mol. The molecule has 1 saturated carbocycles. The smallest absolute Gasteiger partial charge is 0.129 e. The normalized spacial score (nSPS) is 25.4. The lowest BCUT2D eigenvalue weighted by Gasteiger charge is -2.16. The molecule has 1 aromatic heterocycles. The second kappa shape index (κ2) is 6.92. The van der Waals surface area contributed by atoms with Crippen LogP contribution < -0.4 is 5.32 Å². The molecule has 0 aromatic carbocycles. The van der Waals surface area contributed by atoms with Crippen molar-refractivity contribution in [2.75, 3.05) is 13.2 Å². The summed E-state index contributed by atoms with van der Waals surface area (Å²) in [6.45, 7) is 3.65. The lowest BCUT2D eigenvalue weighted by molar-refractivity contribution is 0.0216. The average Bonchev–Trinajstić information content (AvgIpc) is 2.98. The van der Waals surface area contributed by atoms with Crippen LogP contribution in [0.3, 0.4) is 0 Å². The van der Waals surface area contributed by atoms with E-state index in [0.717, 1.165) is 11.7 Å². The zero-order chi connectivity index (χ0) is 12.8. The van der Waals surface area contributed by atoms with Gasteiger partial charge in [0.15, 0.2) is 0 Å². The summed E-state index contributed by atoms with van der Waals surface area (Å²) in [5.74, 6) is 1.61. The third-order valence-electron chi connectivity index (χ3n) is 3.47. The molecule has 1 aliphatic carbocycles. The minimum atomic E-state index is -0.448. The molecule has 4 nitrogen and oxygen atoms in total. The lowest BCUT2D eigenvalue weighted by atomic mass is 10.1. The molecule has 0 amide bonds. The minimum Gasteiger partial charge on any atom is -0.467 e. The molecule has 0 bridgehead atoms. The van der Waals surface area contributed by atoms with Gasteiger partial charge in [0, 0.05) is 12.6 Å². The van der Waals surface area contributed by atoms with Crippen molar-refractivity contribution >= 4 is 0 Å². The topological polar surface area (TPSA) is 54.6 Å². The van der Waals surface area contributed by atoms with E-state index in [2.05, 4.69) is 12.2 Å². The number of rotatable bonds is 7. The van der Waals surface area contributed by atoms with Crippen LogP contribution >= 0.6 is 0 Å². The first kappa shape index (κ1) is 13.6. The van der Waals surface area contributed by atoms with E-state index in [9.17, 15) is 5.11 Å². The monoisotopic (exact) mass is 253 g/mol. The number of aliphatic hydroxyl groups is 1. The van der Waals surface area contributed by atoms with Crippen LogP contribution in [0.1, 0.15) is 31.9 Å². The van der Waals surface area contributed by atoms with Crippen LogP contribution in [0.4, 0.5) is 0 Å². The van der Waals surface area contributed by atoms with Crippen molar-refractivity contribution in [2.45, 2.75) is 44.9 Å². The molecule has 0 saturated heterocycles. The maximum atomic E-state index is 9.79. The van der Waals surface area contributed by atoms with Gasteiger partial charge in [-0.1, -0.05) is 6.92 Å². The van der Waals surface area contributed by atoms with Crippen molar-refractivity contribution in [1.29, 1.82) is 0 Å². The van der Waals surface area contributed by atoms with E-state index in [-0.39, 0.29) is 0 Å². The minimum absolute atomic E-state index is 0.343. The third-order valence-corrected chi connectivity index (χ3v) is 3.47. The molecule has 2 N–H and O–H groups in total. The second-order valence-corrected chi connectivity index (χ2v) is 5.27. The third kappa shape index (κ3) is 4.44. The highest BCUT2D eigenvalue weighted by Gasteiger charge is 2.21. The van der Waals surface area contributed by atoms with Crippen molar-refractivity contribution in [1.82, 2.24) is 5.32 Å². The molecule has 1 aromatic rings. The van der Waals surface area contributed by atoms with Crippen molar-refractivity contribution in [3.63, 3.8) is 0 Å². The fourth-order valence-corrected chi connectivity index (χ4v) is 2.44. The molecule has 0 radical (unpaired) electrons. The van der Waals surface area contributed by atoms with Crippen LogP contribution in [0.25, 0.3) is 0 Å². The fourth-order valence-electron chi connectivity index (χ4n) is 2.44. The predicted molar refractivity (Wildman–Crippen MR) is 69.2 cm³/mol. The van der Waals surface area contributed by atoms with Gasteiger partial charge in [0.2, 0.25) is 0 Å². The van der Waals surface area contributed by atoms with Crippen molar-refractivity contribution < 1.29 is 14.3 Å². The Morgan fingerprint density at radius 2 is 2.44 bits per heavy atom. The number of nitrogens with one attached hydrogen (secondary N) is 1. The van der Waals surface area contributed by atoms with Crippen LogP contribution in [0.2, 0.25) is 0 Å². The summed E-state index contributed by atoms with van der Waals surface area (Å²) in [6, 6.07) is 4.27. The molecule has 18 heavy (non-hydrogen) atoms. The second-order valence-electron chi connectivity index (χ2n) is 5.27. The van der Waals surface area contributed by atoms with Crippen LogP contribution in [-0.2, 0) is 11.3 Å². The Kier molecular flexibility index (Phi) is 5.23. The summed E-state index contributed by atoms with van der Waals surface area (Å²) in [5, 5.41) is 13.2. The Bertz CT molecular complexity index is 326. The quantitative estimate of drug-likeness (QED) is 0.779. The van der Waals surface area contributed by atoms with E-state index < -0.39 is 6.10 Å². The first-order valence-electron chi connectivity index (χ1n) is 6.75. The Hall–Kier alpha value is -0.840. The summed E-state index contributed by atoms with van der Waals surface area (Å²) in [5.41, 5.74) is 0. The Morgan fingerprint density at radius 3 is 3.11 bits per heavy atom. The number of hydrogen-bond donors (Lipinski definition) is 2. The van der Waals surface area contributed by atoms with Gasteiger partial charge < -0.3 is 19.6 Å². The van der Waals surface area contributed by atoms with Gasteiger partial charge in [-0.3, -0.25) is 0 Å². The molecule has 1 heterocycles. The first-order valence-corrected chi connectivity index (χ1v) is 6.75. The Morgan fingerprint density at radius 1 is 1.56 bits per heavy atom. The van der Waals surface area contributed by atoms with Gasteiger partial charge in [-0.05, 0) is 37.3 Å². The summed E-state index contributed by atoms with van der Waals surface area (Å²) < 4.78 is 10.5. The number of ether oxygens (including phenoxy) is 1. The van der Waals surface area contributed by atoms with E-state index in [1.165, 1.54) is 19.3 Å². The molecule has 0 aliphatic heterocycles. The van der Waals surface area contributed by atoms with Gasteiger partial charge in [0.1, 0.15) is 12.4 Å². The predicted octanol–water partition coefficient (Wildman–Crippen LogP) is 1.94. The fraction of sp³-hybridized carbons (Fsp3) is 0.714. The van der Waals surface area contributed by atoms with E-state index in [0.29, 0.717) is 25.8 Å². The Balaban J connectivity index is 1.53. The molecule has 4 heteroatoms. The maximum absolute atomic E-state index is 9.79. The van der Waals surface area contributed by atoms with Crippen molar-refractivity contribution in [3.8, 4) is 0 Å². The van der Waals surface area contributed by atoms with Gasteiger partial charge in [0.25, 0.3) is 0 Å². The molecule has 3 atom stereocenters. The highest BCUT2D eigenvalue weighted by molar-refractivity contribution is 4.96. The summed E-state index contributed by atoms with van der Waals surface area (Å²) in [7, 11) is 0. The van der Waals surface area contributed by atoms with E-state index in [1.807, 2.05) is 12.1 Å². The van der Waals surface area contributed by atoms with Gasteiger partial charge in [0.05, 0.1) is 19.0 Å². The number of furan rings is 1. The Labute approximate surface area is 108 Å². The van der Waals surface area contributed by atoms with Gasteiger partial charge in [-0.15, -0.1) is 0 Å². The molecular weight excluding hydrogens is 230 g/mol. The first-order chi connectivity index (χ1) is 8.74. The maximum Gasteiger partial charge on any atom is 0.129 e. The summed E-state index contributed by atoms with van der Waals surface area (Å²) >= 11 is 0. The zero-order valence-electron chi connectivity index (χ0n) is 11.0. The zero-order valence-corrected chi connectivity index (χ0v) is 11.0. The molecular formula is C14H23NO3. The van der Waals surface area contributed by atoms with Crippen molar-refractivity contribution in [3.05, 3.63) is 24.2 Å². The number of aliphatic hydroxyl groups excluding tert-OH is 1. The van der Waals surface area contributed by atoms with E-state index in [4.69, 9.17) is 9.15 Å². The molecule has 1 fully saturated rings. The summed E-state index contributed by atoms with van der Waals surface area (Å²) in [4.78, 5) is 0. The standard InChI is InChI=1S/C14H23NO3/c1-11-4-5-12(7-11)15-8-13(16)9-17-10-14-3-2-6-18-14/h2-3,6,11-13,15-16H,4-5,7-10H2,1H3. The molecule has 102 valence electrons. The van der Waals surface area contributed by atoms with Crippen LogP contribution in [0, 0.1) is 5.92 Å². The highest BCUT2D eigenvalue weighted by Crippen LogP contribution is 2.24. The van der Waals surface area contributed by atoms with Crippen LogP contribution in [0.5, 0.6) is 0 Å². The van der Waals surface area contributed by atoms with Crippen LogP contribution in [-0.4, -0.2) is 30.4 Å². The van der Waals surface area contributed by atoms with Gasteiger partial charge >= 0.3 is 0 Å². The van der Waals surface area contributed by atoms with E-state index >= 15 is 0 Å². The summed E-state index contributed by atoms with van der Waals surface area (Å²) in [6.07, 6.45) is 4.91. The van der Waals surface area contributed by atoms with Crippen molar-refractivity contribution in [2.24, 2.45) is 5.92 Å². The van der Waals surface area contributed by atoms with Gasteiger partial charge in [-0.25, -0.2) is 0 Å². The van der Waals surface area contributed by atoms with E-state index in [1.54, 1.807) is 6.26 Å². The number of hydrogen-bond acceptors (Lipinski definition) is 4. The largest absolute Gasteiger partial charge is 0.467 e.